The SMILES string of the molecule is Cc1ccc2[nH]c(=O)c(CNC(=O)CCC(=O)c3ccc(C)c(C)c3)cc2c1. The van der Waals surface area contributed by atoms with E-state index in [0.717, 1.165) is 27.6 Å². The summed E-state index contributed by atoms with van der Waals surface area (Å²) in [5.41, 5.74) is 4.95. The Morgan fingerprint density at radius 3 is 2.46 bits per heavy atom. The quantitative estimate of drug-likeness (QED) is 0.643. The molecule has 0 fully saturated rings. The van der Waals surface area contributed by atoms with Gasteiger partial charge in [-0.3, -0.25) is 14.4 Å². The lowest BCUT2D eigenvalue weighted by Gasteiger charge is -2.07. The summed E-state index contributed by atoms with van der Waals surface area (Å²) >= 11 is 0. The van der Waals surface area contributed by atoms with Crippen LogP contribution < -0.4 is 10.9 Å². The van der Waals surface area contributed by atoms with Gasteiger partial charge in [-0.15, -0.1) is 0 Å². The van der Waals surface area contributed by atoms with Crippen LogP contribution in [0.2, 0.25) is 0 Å². The number of rotatable bonds is 6. The van der Waals surface area contributed by atoms with Gasteiger partial charge in [0.2, 0.25) is 5.91 Å². The van der Waals surface area contributed by atoms with Crippen LogP contribution in [0.15, 0.2) is 47.3 Å². The van der Waals surface area contributed by atoms with Gasteiger partial charge >= 0.3 is 0 Å². The van der Waals surface area contributed by atoms with Crippen LogP contribution in [-0.2, 0) is 11.3 Å². The van der Waals surface area contributed by atoms with Crippen LogP contribution in [0.25, 0.3) is 10.9 Å². The Bertz CT molecular complexity index is 1110. The summed E-state index contributed by atoms with van der Waals surface area (Å²) in [4.78, 5) is 39.4. The van der Waals surface area contributed by atoms with E-state index in [2.05, 4.69) is 10.3 Å². The normalized spacial score (nSPS) is 10.8. The highest BCUT2D eigenvalue weighted by Crippen LogP contribution is 2.14. The molecule has 2 N–H and O–H groups in total. The summed E-state index contributed by atoms with van der Waals surface area (Å²) in [5.74, 6) is -0.307. The van der Waals surface area contributed by atoms with Gasteiger partial charge in [0.25, 0.3) is 5.56 Å². The number of benzene rings is 2. The molecule has 0 aliphatic carbocycles. The Hall–Kier alpha value is -3.21. The Kier molecular flexibility index (Phi) is 5.73. The summed E-state index contributed by atoms with van der Waals surface area (Å²) in [6, 6.07) is 13.1. The van der Waals surface area contributed by atoms with Crippen molar-refractivity contribution in [1.29, 1.82) is 0 Å². The van der Waals surface area contributed by atoms with Crippen molar-refractivity contribution < 1.29 is 9.59 Å². The van der Waals surface area contributed by atoms with Crippen LogP contribution in [0.3, 0.4) is 0 Å². The molecule has 1 amide bonds. The maximum Gasteiger partial charge on any atom is 0.253 e. The summed E-state index contributed by atoms with van der Waals surface area (Å²) in [5, 5.41) is 3.66. The lowest BCUT2D eigenvalue weighted by molar-refractivity contribution is -0.121. The Morgan fingerprint density at radius 2 is 1.71 bits per heavy atom. The van der Waals surface area contributed by atoms with E-state index in [1.807, 2.05) is 51.1 Å². The number of Topliss-reactive ketones (excluding diaryl/α,β-unsaturated/α-hetero) is 1. The van der Waals surface area contributed by atoms with E-state index in [9.17, 15) is 14.4 Å². The number of carbonyl (C=O) groups is 2. The first kappa shape index (κ1) is 19.5. The second-order valence-corrected chi connectivity index (χ2v) is 7.21. The molecule has 3 rings (SSSR count). The number of amides is 1. The average molecular weight is 376 g/mol. The minimum Gasteiger partial charge on any atom is -0.352 e. The van der Waals surface area contributed by atoms with Gasteiger partial charge in [-0.25, -0.2) is 0 Å². The van der Waals surface area contributed by atoms with E-state index in [1.165, 1.54) is 0 Å². The molecule has 2 aromatic carbocycles. The van der Waals surface area contributed by atoms with Gasteiger partial charge in [-0.2, -0.15) is 0 Å². The highest BCUT2D eigenvalue weighted by Gasteiger charge is 2.11. The first-order valence-electron chi connectivity index (χ1n) is 9.33. The second-order valence-electron chi connectivity index (χ2n) is 7.21. The molecule has 0 spiro atoms. The molecule has 0 saturated carbocycles. The third-order valence-electron chi connectivity index (χ3n) is 4.96. The number of carbonyl (C=O) groups excluding carboxylic acids is 2. The lowest BCUT2D eigenvalue weighted by atomic mass is 10.0. The van der Waals surface area contributed by atoms with Crippen molar-refractivity contribution in [2.24, 2.45) is 0 Å². The molecule has 1 heterocycles. The van der Waals surface area contributed by atoms with Crippen molar-refractivity contribution in [3.8, 4) is 0 Å². The van der Waals surface area contributed by atoms with Crippen LogP contribution in [-0.4, -0.2) is 16.7 Å². The highest BCUT2D eigenvalue weighted by molar-refractivity contribution is 5.98. The van der Waals surface area contributed by atoms with Crippen molar-refractivity contribution in [2.75, 3.05) is 0 Å². The Morgan fingerprint density at radius 1 is 0.929 bits per heavy atom. The number of ketones is 1. The minimum absolute atomic E-state index is 0.0581. The predicted octanol–water partition coefficient (Wildman–Crippen LogP) is 3.73. The van der Waals surface area contributed by atoms with E-state index in [0.29, 0.717) is 11.1 Å². The van der Waals surface area contributed by atoms with E-state index < -0.39 is 0 Å². The molecule has 0 atom stereocenters. The average Bonchev–Trinajstić information content (AvgIpc) is 2.66. The smallest absolute Gasteiger partial charge is 0.253 e. The van der Waals surface area contributed by atoms with Gasteiger partial charge in [0.15, 0.2) is 5.78 Å². The Balaban J connectivity index is 1.59. The van der Waals surface area contributed by atoms with Crippen LogP contribution >= 0.6 is 0 Å². The summed E-state index contributed by atoms with van der Waals surface area (Å²) < 4.78 is 0. The fraction of sp³-hybridized carbons (Fsp3) is 0.261. The predicted molar refractivity (Wildman–Crippen MR) is 111 cm³/mol. The van der Waals surface area contributed by atoms with E-state index in [-0.39, 0.29) is 36.6 Å². The molecule has 0 bridgehead atoms. The van der Waals surface area contributed by atoms with E-state index >= 15 is 0 Å². The molecule has 1 aromatic heterocycles. The molecule has 3 aromatic rings. The number of aromatic nitrogens is 1. The van der Waals surface area contributed by atoms with Gasteiger partial charge in [0.1, 0.15) is 0 Å². The van der Waals surface area contributed by atoms with Crippen molar-refractivity contribution in [3.63, 3.8) is 0 Å². The third kappa shape index (κ3) is 4.55. The molecule has 0 unspecified atom stereocenters. The molecule has 5 heteroatoms. The van der Waals surface area contributed by atoms with Crippen molar-refractivity contribution in [1.82, 2.24) is 10.3 Å². The van der Waals surface area contributed by atoms with Crippen LogP contribution in [0, 0.1) is 20.8 Å². The molecule has 0 aliphatic rings. The highest BCUT2D eigenvalue weighted by atomic mass is 16.2. The van der Waals surface area contributed by atoms with Gasteiger partial charge < -0.3 is 10.3 Å². The monoisotopic (exact) mass is 376 g/mol. The first-order chi connectivity index (χ1) is 13.3. The third-order valence-corrected chi connectivity index (χ3v) is 4.96. The van der Waals surface area contributed by atoms with Gasteiger partial charge in [0, 0.05) is 36.0 Å². The molecular weight excluding hydrogens is 352 g/mol. The molecule has 144 valence electrons. The first-order valence-corrected chi connectivity index (χ1v) is 9.33. The largest absolute Gasteiger partial charge is 0.352 e. The number of hydrogen-bond donors (Lipinski definition) is 2. The standard InChI is InChI=1S/C23H24N2O3/c1-14-4-7-20-18(10-14)12-19(23(28)25-20)13-24-22(27)9-8-21(26)17-6-5-15(2)16(3)11-17/h4-7,10-12H,8-9,13H2,1-3H3,(H,24,27)(H,25,28). The maximum atomic E-state index is 12.3. The molecule has 28 heavy (non-hydrogen) atoms. The zero-order valence-electron chi connectivity index (χ0n) is 16.4. The zero-order chi connectivity index (χ0) is 20.3. The van der Waals surface area contributed by atoms with Crippen LogP contribution in [0.4, 0.5) is 0 Å². The van der Waals surface area contributed by atoms with Crippen molar-refractivity contribution in [3.05, 3.63) is 80.6 Å². The zero-order valence-corrected chi connectivity index (χ0v) is 16.4. The summed E-state index contributed by atoms with van der Waals surface area (Å²) in [6.45, 7) is 6.07. The van der Waals surface area contributed by atoms with E-state index in [1.54, 1.807) is 12.1 Å². The van der Waals surface area contributed by atoms with Gasteiger partial charge in [-0.1, -0.05) is 23.8 Å². The number of hydrogen-bond acceptors (Lipinski definition) is 3. The van der Waals surface area contributed by atoms with E-state index in [4.69, 9.17) is 0 Å². The molecule has 0 aliphatic heterocycles. The fourth-order valence-electron chi connectivity index (χ4n) is 3.07. The van der Waals surface area contributed by atoms with Crippen molar-refractivity contribution >= 4 is 22.6 Å². The minimum atomic E-state index is -0.249. The molecule has 5 nitrogen and oxygen atoms in total. The molecular formula is C23H24N2O3. The van der Waals surface area contributed by atoms with Crippen LogP contribution in [0.1, 0.15) is 45.5 Å². The van der Waals surface area contributed by atoms with Gasteiger partial charge in [-0.05, 0) is 61.5 Å². The fourth-order valence-corrected chi connectivity index (χ4v) is 3.07. The van der Waals surface area contributed by atoms with Crippen molar-refractivity contribution in [2.45, 2.75) is 40.2 Å². The van der Waals surface area contributed by atoms with Crippen LogP contribution in [0.5, 0.6) is 0 Å². The summed E-state index contributed by atoms with van der Waals surface area (Å²) in [6.07, 6.45) is 0.234. The second kappa shape index (κ2) is 8.21. The topological polar surface area (TPSA) is 79.0 Å². The lowest BCUT2D eigenvalue weighted by Crippen LogP contribution is -2.27. The summed E-state index contributed by atoms with van der Waals surface area (Å²) in [7, 11) is 0. The van der Waals surface area contributed by atoms with Gasteiger partial charge in [0.05, 0.1) is 0 Å². The number of H-pyrrole nitrogens is 1. The number of fused-ring (bicyclic) bond motifs is 1. The number of pyridine rings is 1. The molecule has 0 radical (unpaired) electrons. The molecule has 0 saturated heterocycles. The Labute approximate surface area is 163 Å². The maximum absolute atomic E-state index is 12.3. The number of aryl methyl sites for hydroxylation is 3. The number of aromatic amines is 1. The number of nitrogens with one attached hydrogen (secondary N) is 2.